The Labute approximate surface area is 220 Å². The molecular formula is C29H35F3N4O2. The fourth-order valence-corrected chi connectivity index (χ4v) is 5.62. The Balaban J connectivity index is 1.36. The smallest absolute Gasteiger partial charge is 0.260 e. The van der Waals surface area contributed by atoms with E-state index in [1.165, 1.54) is 18.3 Å². The van der Waals surface area contributed by atoms with Crippen LogP contribution in [0.2, 0.25) is 0 Å². The first kappa shape index (κ1) is 26.7. The number of piperidine rings is 2. The number of likely N-dealkylation sites (tertiary alicyclic amines) is 1. The highest BCUT2D eigenvalue weighted by molar-refractivity contribution is 5.95. The van der Waals surface area contributed by atoms with E-state index in [0.717, 1.165) is 45.3 Å². The third-order valence-corrected chi connectivity index (χ3v) is 7.76. The second kappa shape index (κ2) is 11.9. The number of fused-ring (bicyclic) bond motifs is 1. The number of alkyl halides is 1. The highest BCUT2D eigenvalue weighted by Crippen LogP contribution is 2.34. The van der Waals surface area contributed by atoms with Crippen molar-refractivity contribution < 1.29 is 17.9 Å². The molecule has 0 saturated carbocycles. The maximum absolute atomic E-state index is 15.3. The Morgan fingerprint density at radius 3 is 2.61 bits per heavy atom. The number of nitrogens with zero attached hydrogens (tertiary/aromatic N) is 3. The van der Waals surface area contributed by atoms with E-state index in [4.69, 9.17) is 4.74 Å². The van der Waals surface area contributed by atoms with Crippen LogP contribution in [-0.2, 0) is 6.54 Å². The standard InChI is InChI=1S/C29H35F3N4O2/c1-2-3-11-36-17-23(21-6-10-34-15-22(21)29(36)37)20-13-24(30)28(25(31)14-20)38-27-7-12-35(18-26(27)32)16-19-4-8-33-9-5-19/h6,10,13-15,17,19,26-27,33H,2-5,7-9,11-12,16,18H2,1H3/t26-,27-/m1/s1. The zero-order chi connectivity index (χ0) is 26.6. The lowest BCUT2D eigenvalue weighted by molar-refractivity contribution is 0.0112. The molecule has 38 heavy (non-hydrogen) atoms. The summed E-state index contributed by atoms with van der Waals surface area (Å²) in [6, 6.07) is 4.06. The first-order valence-electron chi connectivity index (χ1n) is 13.6. The number of nitrogens with one attached hydrogen (secondary N) is 1. The van der Waals surface area contributed by atoms with E-state index in [1.54, 1.807) is 23.0 Å². The van der Waals surface area contributed by atoms with Gasteiger partial charge < -0.3 is 14.6 Å². The second-order valence-electron chi connectivity index (χ2n) is 10.5. The van der Waals surface area contributed by atoms with Crippen molar-refractivity contribution in [3.63, 3.8) is 0 Å². The van der Waals surface area contributed by atoms with E-state index in [1.807, 2.05) is 6.92 Å². The number of pyridine rings is 2. The van der Waals surface area contributed by atoms with Crippen LogP contribution < -0.4 is 15.6 Å². The summed E-state index contributed by atoms with van der Waals surface area (Å²) in [5.74, 6) is -1.79. The molecule has 6 nitrogen and oxygen atoms in total. The summed E-state index contributed by atoms with van der Waals surface area (Å²) in [5.41, 5.74) is 0.617. The predicted octanol–water partition coefficient (Wildman–Crippen LogP) is 4.93. The van der Waals surface area contributed by atoms with E-state index in [2.05, 4.69) is 15.2 Å². The van der Waals surface area contributed by atoms with Gasteiger partial charge in [0, 0.05) is 50.3 Å². The first-order chi connectivity index (χ1) is 18.4. The molecule has 2 aromatic heterocycles. The van der Waals surface area contributed by atoms with Gasteiger partial charge >= 0.3 is 0 Å². The molecule has 5 rings (SSSR count). The molecule has 2 aliphatic rings. The van der Waals surface area contributed by atoms with Gasteiger partial charge in [-0.05, 0) is 73.8 Å². The molecule has 9 heteroatoms. The zero-order valence-electron chi connectivity index (χ0n) is 21.8. The van der Waals surface area contributed by atoms with Crippen LogP contribution in [0.3, 0.4) is 0 Å². The van der Waals surface area contributed by atoms with E-state index < -0.39 is 29.7 Å². The minimum atomic E-state index is -1.33. The van der Waals surface area contributed by atoms with E-state index in [-0.39, 0.29) is 17.7 Å². The van der Waals surface area contributed by atoms with Crippen LogP contribution in [0.25, 0.3) is 21.9 Å². The average molecular weight is 529 g/mol. The molecule has 2 saturated heterocycles. The van der Waals surface area contributed by atoms with E-state index in [0.29, 0.717) is 41.8 Å². The molecule has 3 aromatic rings. The number of ether oxygens (including phenoxy) is 1. The van der Waals surface area contributed by atoms with Crippen molar-refractivity contribution in [1.82, 2.24) is 19.8 Å². The molecule has 4 heterocycles. The lowest BCUT2D eigenvalue weighted by Gasteiger charge is -2.37. The van der Waals surface area contributed by atoms with Crippen LogP contribution in [0.5, 0.6) is 5.75 Å². The fourth-order valence-electron chi connectivity index (χ4n) is 5.62. The van der Waals surface area contributed by atoms with Crippen LogP contribution in [0.4, 0.5) is 13.2 Å². The highest BCUT2D eigenvalue weighted by Gasteiger charge is 2.33. The molecule has 0 bridgehead atoms. The van der Waals surface area contributed by atoms with Crippen molar-refractivity contribution in [3.05, 3.63) is 58.8 Å². The summed E-state index contributed by atoms with van der Waals surface area (Å²) in [7, 11) is 0. The molecule has 0 aliphatic carbocycles. The van der Waals surface area contributed by atoms with Gasteiger partial charge in [0.05, 0.1) is 5.39 Å². The SMILES string of the molecule is CCCCn1cc(-c2cc(F)c(O[C@@H]3CCN(CC4CCNCC4)C[C@H]3F)c(F)c2)c2ccncc2c1=O. The number of hydrogen-bond donors (Lipinski definition) is 1. The van der Waals surface area contributed by atoms with Gasteiger partial charge in [-0.15, -0.1) is 0 Å². The Hall–Kier alpha value is -2.91. The fraction of sp³-hybridized carbons (Fsp3) is 0.517. The van der Waals surface area contributed by atoms with Gasteiger partial charge in [0.2, 0.25) is 0 Å². The minimum absolute atomic E-state index is 0.188. The molecule has 0 spiro atoms. The number of hydrogen-bond acceptors (Lipinski definition) is 5. The van der Waals surface area contributed by atoms with Crippen LogP contribution in [0.15, 0.2) is 41.6 Å². The van der Waals surface area contributed by atoms with Gasteiger partial charge in [-0.1, -0.05) is 13.3 Å². The number of aromatic nitrogens is 2. The van der Waals surface area contributed by atoms with Crippen molar-refractivity contribution in [3.8, 4) is 16.9 Å². The monoisotopic (exact) mass is 528 g/mol. The van der Waals surface area contributed by atoms with Gasteiger partial charge in [0.25, 0.3) is 5.56 Å². The summed E-state index contributed by atoms with van der Waals surface area (Å²) in [6.07, 6.45) is 6.65. The molecule has 2 aliphatic heterocycles. The van der Waals surface area contributed by atoms with Crippen LogP contribution in [0, 0.1) is 17.6 Å². The van der Waals surface area contributed by atoms with Crippen molar-refractivity contribution in [1.29, 1.82) is 0 Å². The van der Waals surface area contributed by atoms with Crippen molar-refractivity contribution >= 4 is 10.8 Å². The average Bonchev–Trinajstić information content (AvgIpc) is 2.92. The van der Waals surface area contributed by atoms with Gasteiger partial charge in [-0.2, -0.15) is 0 Å². The van der Waals surface area contributed by atoms with Crippen molar-refractivity contribution in [2.24, 2.45) is 5.92 Å². The molecule has 0 amide bonds. The molecule has 1 N–H and O–H groups in total. The Kier molecular flexibility index (Phi) is 8.33. The van der Waals surface area contributed by atoms with Crippen molar-refractivity contribution in [2.75, 3.05) is 32.7 Å². The summed E-state index contributed by atoms with van der Waals surface area (Å²) in [6.45, 7) is 6.18. The summed E-state index contributed by atoms with van der Waals surface area (Å²) < 4.78 is 52.7. The van der Waals surface area contributed by atoms with Crippen LogP contribution >= 0.6 is 0 Å². The zero-order valence-corrected chi connectivity index (χ0v) is 21.8. The summed E-state index contributed by atoms with van der Waals surface area (Å²) in [5, 5.41) is 4.29. The Morgan fingerprint density at radius 1 is 1.13 bits per heavy atom. The number of halogens is 3. The lowest BCUT2D eigenvalue weighted by atomic mass is 9.96. The molecule has 2 fully saturated rings. The van der Waals surface area contributed by atoms with Gasteiger partial charge in [-0.3, -0.25) is 14.7 Å². The topological polar surface area (TPSA) is 59.4 Å². The van der Waals surface area contributed by atoms with Gasteiger partial charge in [0.15, 0.2) is 17.4 Å². The quantitative estimate of drug-likeness (QED) is 0.449. The molecule has 0 unspecified atom stereocenters. The Bertz CT molecular complexity index is 1300. The van der Waals surface area contributed by atoms with Gasteiger partial charge in [0.1, 0.15) is 12.3 Å². The lowest BCUT2D eigenvalue weighted by Crippen LogP contribution is -2.49. The van der Waals surface area contributed by atoms with E-state index in [9.17, 15) is 4.79 Å². The number of aryl methyl sites for hydroxylation is 1. The molecule has 2 atom stereocenters. The largest absolute Gasteiger partial charge is 0.481 e. The third-order valence-electron chi connectivity index (χ3n) is 7.76. The third kappa shape index (κ3) is 5.73. The maximum Gasteiger partial charge on any atom is 0.260 e. The van der Waals surface area contributed by atoms with Crippen LogP contribution in [0.1, 0.15) is 39.0 Å². The second-order valence-corrected chi connectivity index (χ2v) is 10.5. The van der Waals surface area contributed by atoms with Gasteiger partial charge in [-0.25, -0.2) is 13.2 Å². The van der Waals surface area contributed by atoms with Crippen LogP contribution in [-0.4, -0.2) is 59.5 Å². The van der Waals surface area contributed by atoms with Crippen molar-refractivity contribution in [2.45, 2.75) is 57.8 Å². The predicted molar refractivity (Wildman–Crippen MR) is 142 cm³/mol. The first-order valence-corrected chi connectivity index (χ1v) is 13.6. The molecular weight excluding hydrogens is 493 g/mol. The summed E-state index contributed by atoms with van der Waals surface area (Å²) in [4.78, 5) is 19.1. The number of rotatable bonds is 8. The normalized spacial score (nSPS) is 21.2. The van der Waals surface area contributed by atoms with E-state index >= 15 is 13.2 Å². The maximum atomic E-state index is 15.3. The summed E-state index contributed by atoms with van der Waals surface area (Å²) >= 11 is 0. The molecule has 204 valence electrons. The highest BCUT2D eigenvalue weighted by atomic mass is 19.1. The number of unbranched alkanes of at least 4 members (excludes halogenated alkanes) is 1. The molecule has 0 radical (unpaired) electrons. The molecule has 1 aromatic carbocycles. The Morgan fingerprint density at radius 2 is 1.89 bits per heavy atom. The number of benzene rings is 1. The minimum Gasteiger partial charge on any atom is -0.481 e.